The summed E-state index contributed by atoms with van der Waals surface area (Å²) in [6.07, 6.45) is 2.58. The third-order valence-corrected chi connectivity index (χ3v) is 3.48. The lowest BCUT2D eigenvalue weighted by Gasteiger charge is -2.16. The van der Waals surface area contributed by atoms with E-state index in [2.05, 4.69) is 22.4 Å². The van der Waals surface area contributed by atoms with Gasteiger partial charge in [-0.2, -0.15) is 5.10 Å². The van der Waals surface area contributed by atoms with Gasteiger partial charge in [-0.05, 0) is 38.2 Å². The third kappa shape index (κ3) is 4.16. The second-order valence-corrected chi connectivity index (χ2v) is 5.02. The van der Waals surface area contributed by atoms with Crippen molar-refractivity contribution >= 4 is 5.91 Å². The number of aromatic amines is 1. The minimum Gasteiger partial charge on any atom is -0.396 e. The van der Waals surface area contributed by atoms with Crippen LogP contribution in [0.3, 0.4) is 0 Å². The highest BCUT2D eigenvalue weighted by atomic mass is 16.3. The molecule has 0 radical (unpaired) electrons. The molecule has 0 aromatic carbocycles. The number of aryl methyl sites for hydroxylation is 1. The molecule has 0 saturated carbocycles. The van der Waals surface area contributed by atoms with Gasteiger partial charge in [0.15, 0.2) is 0 Å². The first kappa shape index (κ1) is 16.4. The van der Waals surface area contributed by atoms with Crippen LogP contribution in [-0.4, -0.2) is 34.4 Å². The molecule has 1 atom stereocenters. The van der Waals surface area contributed by atoms with Crippen molar-refractivity contribution in [3.8, 4) is 0 Å². The van der Waals surface area contributed by atoms with Gasteiger partial charge in [-0.25, -0.2) is 5.10 Å². The van der Waals surface area contributed by atoms with Crippen LogP contribution in [0.1, 0.15) is 47.8 Å². The number of nitrogens with one attached hydrogen (secondary N) is 2. The zero-order valence-electron chi connectivity index (χ0n) is 12.3. The number of H-pyrrole nitrogens is 1. The molecule has 0 spiro atoms. The summed E-state index contributed by atoms with van der Waals surface area (Å²) in [6, 6.07) is 0. The highest BCUT2D eigenvalue weighted by molar-refractivity contribution is 5.95. The SMILES string of the molecule is CCCC(CCO)CNC(=O)c1c(C)c(C)n[nH]c1=O. The maximum Gasteiger partial charge on any atom is 0.277 e. The molecule has 112 valence electrons. The summed E-state index contributed by atoms with van der Waals surface area (Å²) in [5.41, 5.74) is 0.882. The maximum absolute atomic E-state index is 12.1. The number of aliphatic hydroxyl groups excluding tert-OH is 1. The smallest absolute Gasteiger partial charge is 0.277 e. The van der Waals surface area contributed by atoms with Crippen LogP contribution < -0.4 is 10.9 Å². The molecule has 0 bridgehead atoms. The fourth-order valence-corrected chi connectivity index (χ4v) is 2.16. The molecule has 0 aliphatic carbocycles. The van der Waals surface area contributed by atoms with Gasteiger partial charge in [0.05, 0.1) is 5.69 Å². The van der Waals surface area contributed by atoms with Crippen LogP contribution in [0.25, 0.3) is 0 Å². The summed E-state index contributed by atoms with van der Waals surface area (Å²) in [7, 11) is 0. The van der Waals surface area contributed by atoms with E-state index in [4.69, 9.17) is 5.11 Å². The average Bonchev–Trinajstić information content (AvgIpc) is 2.41. The van der Waals surface area contributed by atoms with E-state index in [9.17, 15) is 9.59 Å². The lowest BCUT2D eigenvalue weighted by atomic mass is 10.00. The van der Waals surface area contributed by atoms with Crippen LogP contribution in [0.5, 0.6) is 0 Å². The van der Waals surface area contributed by atoms with Crippen molar-refractivity contribution in [1.82, 2.24) is 15.5 Å². The van der Waals surface area contributed by atoms with E-state index >= 15 is 0 Å². The standard InChI is InChI=1S/C14H23N3O3/c1-4-5-11(6-7-18)8-15-13(19)12-9(2)10(3)16-17-14(12)20/h11,18H,4-8H2,1-3H3,(H,15,19)(H,17,20). The van der Waals surface area contributed by atoms with E-state index < -0.39 is 5.56 Å². The van der Waals surface area contributed by atoms with E-state index in [0.717, 1.165) is 12.8 Å². The molecule has 1 amide bonds. The van der Waals surface area contributed by atoms with Crippen LogP contribution in [0.15, 0.2) is 4.79 Å². The molecule has 1 rings (SSSR count). The fraction of sp³-hybridized carbons (Fsp3) is 0.643. The first-order valence-electron chi connectivity index (χ1n) is 6.96. The summed E-state index contributed by atoms with van der Waals surface area (Å²) in [5.74, 6) is -0.149. The molecule has 1 aromatic heterocycles. The molecular formula is C14H23N3O3. The van der Waals surface area contributed by atoms with Gasteiger partial charge in [0.2, 0.25) is 0 Å². The minimum absolute atomic E-state index is 0.106. The first-order valence-corrected chi connectivity index (χ1v) is 6.96. The van der Waals surface area contributed by atoms with Crippen molar-refractivity contribution in [2.45, 2.75) is 40.0 Å². The Labute approximate surface area is 118 Å². The van der Waals surface area contributed by atoms with Crippen molar-refractivity contribution in [2.75, 3.05) is 13.2 Å². The van der Waals surface area contributed by atoms with E-state index in [-0.39, 0.29) is 24.0 Å². The molecule has 6 heteroatoms. The van der Waals surface area contributed by atoms with Crippen molar-refractivity contribution in [3.05, 3.63) is 27.2 Å². The number of carbonyl (C=O) groups excluding carboxylic acids is 1. The topological polar surface area (TPSA) is 95.1 Å². The van der Waals surface area contributed by atoms with E-state index in [1.54, 1.807) is 13.8 Å². The van der Waals surface area contributed by atoms with Gasteiger partial charge in [-0.1, -0.05) is 13.3 Å². The fourth-order valence-electron chi connectivity index (χ4n) is 2.16. The van der Waals surface area contributed by atoms with Gasteiger partial charge in [0, 0.05) is 13.2 Å². The van der Waals surface area contributed by atoms with Gasteiger partial charge in [-0.3, -0.25) is 9.59 Å². The lowest BCUT2D eigenvalue weighted by molar-refractivity contribution is 0.0940. The van der Waals surface area contributed by atoms with E-state index in [0.29, 0.717) is 24.2 Å². The third-order valence-electron chi connectivity index (χ3n) is 3.48. The second-order valence-electron chi connectivity index (χ2n) is 5.02. The number of rotatable bonds is 7. The molecule has 0 saturated heterocycles. The summed E-state index contributed by atoms with van der Waals surface area (Å²) in [6.45, 7) is 6.09. The number of hydrogen-bond donors (Lipinski definition) is 3. The van der Waals surface area contributed by atoms with Crippen LogP contribution >= 0.6 is 0 Å². The Balaban J connectivity index is 2.77. The van der Waals surface area contributed by atoms with E-state index in [1.165, 1.54) is 0 Å². The van der Waals surface area contributed by atoms with E-state index in [1.807, 2.05) is 0 Å². The molecule has 3 N–H and O–H groups in total. The number of nitrogens with zero attached hydrogens (tertiary/aromatic N) is 1. The Morgan fingerprint density at radius 3 is 2.70 bits per heavy atom. The maximum atomic E-state index is 12.1. The minimum atomic E-state index is -0.472. The predicted octanol–water partition coefficient (Wildman–Crippen LogP) is 0.915. The molecule has 0 fully saturated rings. The molecule has 6 nitrogen and oxygen atoms in total. The van der Waals surface area contributed by atoms with Crippen LogP contribution in [-0.2, 0) is 0 Å². The Morgan fingerprint density at radius 2 is 2.10 bits per heavy atom. The Bertz CT molecular complexity index is 505. The molecule has 1 unspecified atom stereocenters. The number of carbonyl (C=O) groups is 1. The largest absolute Gasteiger partial charge is 0.396 e. The molecule has 0 aliphatic heterocycles. The summed E-state index contributed by atoms with van der Waals surface area (Å²) >= 11 is 0. The van der Waals surface area contributed by atoms with Crippen LogP contribution in [0.2, 0.25) is 0 Å². The van der Waals surface area contributed by atoms with Gasteiger partial charge in [0.25, 0.3) is 11.5 Å². The monoisotopic (exact) mass is 281 g/mol. The second kappa shape index (κ2) is 7.79. The van der Waals surface area contributed by atoms with Crippen molar-refractivity contribution in [2.24, 2.45) is 5.92 Å². The van der Waals surface area contributed by atoms with Gasteiger partial charge in [0.1, 0.15) is 5.56 Å². The normalized spacial score (nSPS) is 12.2. The van der Waals surface area contributed by atoms with Gasteiger partial charge in [-0.15, -0.1) is 0 Å². The summed E-state index contributed by atoms with van der Waals surface area (Å²) in [4.78, 5) is 23.8. The Kier molecular flexibility index (Phi) is 6.38. The predicted molar refractivity (Wildman–Crippen MR) is 76.8 cm³/mol. The Morgan fingerprint density at radius 1 is 1.40 bits per heavy atom. The molecule has 20 heavy (non-hydrogen) atoms. The first-order chi connectivity index (χ1) is 9.51. The average molecular weight is 281 g/mol. The molecule has 1 aromatic rings. The molecular weight excluding hydrogens is 258 g/mol. The summed E-state index contributed by atoms with van der Waals surface area (Å²) in [5, 5.41) is 17.9. The number of aromatic nitrogens is 2. The number of amides is 1. The van der Waals surface area contributed by atoms with Crippen molar-refractivity contribution < 1.29 is 9.90 Å². The number of hydrogen-bond acceptors (Lipinski definition) is 4. The zero-order valence-corrected chi connectivity index (χ0v) is 12.3. The van der Waals surface area contributed by atoms with Crippen molar-refractivity contribution in [3.63, 3.8) is 0 Å². The highest BCUT2D eigenvalue weighted by Gasteiger charge is 2.17. The molecule has 0 aliphatic rings. The lowest BCUT2D eigenvalue weighted by Crippen LogP contribution is -2.35. The molecule has 1 heterocycles. The van der Waals surface area contributed by atoms with Crippen LogP contribution in [0, 0.1) is 19.8 Å². The quantitative estimate of drug-likeness (QED) is 0.692. The van der Waals surface area contributed by atoms with Gasteiger partial charge >= 0.3 is 0 Å². The Hall–Kier alpha value is -1.69. The highest BCUT2D eigenvalue weighted by Crippen LogP contribution is 2.10. The summed E-state index contributed by atoms with van der Waals surface area (Å²) < 4.78 is 0. The van der Waals surface area contributed by atoms with Gasteiger partial charge < -0.3 is 10.4 Å². The van der Waals surface area contributed by atoms with Crippen molar-refractivity contribution in [1.29, 1.82) is 0 Å². The van der Waals surface area contributed by atoms with Crippen LogP contribution in [0.4, 0.5) is 0 Å². The zero-order chi connectivity index (χ0) is 15.1. The number of aliphatic hydroxyl groups is 1.